The topological polar surface area (TPSA) is 47.0 Å². The maximum Gasteiger partial charge on any atom is 0.224 e. The van der Waals surface area contributed by atoms with Crippen LogP contribution in [0.15, 0.2) is 24.3 Å². The molecule has 0 aliphatic rings. The fourth-order valence-electron chi connectivity index (χ4n) is 1.79. The summed E-state index contributed by atoms with van der Waals surface area (Å²) >= 11 is 5.94. The first kappa shape index (κ1) is 14.6. The van der Waals surface area contributed by atoms with E-state index in [9.17, 15) is 0 Å². The molecule has 0 amide bonds. The Morgan fingerprint density at radius 1 is 1.20 bits per heavy atom. The van der Waals surface area contributed by atoms with Crippen LogP contribution in [0.2, 0.25) is 5.02 Å². The lowest BCUT2D eigenvalue weighted by atomic mass is 10.2. The smallest absolute Gasteiger partial charge is 0.224 e. The summed E-state index contributed by atoms with van der Waals surface area (Å²) in [6, 6.07) is 7.32. The van der Waals surface area contributed by atoms with Crippen molar-refractivity contribution in [3.8, 4) is 11.6 Å². The second kappa shape index (κ2) is 6.57. The number of anilines is 1. The Labute approximate surface area is 124 Å². The van der Waals surface area contributed by atoms with Crippen molar-refractivity contribution >= 4 is 17.4 Å². The maximum absolute atomic E-state index is 5.94. The average Bonchev–Trinajstić information content (AvgIpc) is 2.42. The van der Waals surface area contributed by atoms with E-state index < -0.39 is 0 Å². The first-order chi connectivity index (χ1) is 9.62. The van der Waals surface area contributed by atoms with Gasteiger partial charge in [0, 0.05) is 24.1 Å². The van der Waals surface area contributed by atoms with Gasteiger partial charge in [-0.3, -0.25) is 0 Å². The maximum atomic E-state index is 5.94. The molecule has 1 aromatic heterocycles. The molecule has 0 aliphatic heterocycles. The molecule has 5 heteroatoms. The number of halogens is 1. The van der Waals surface area contributed by atoms with E-state index in [4.69, 9.17) is 16.3 Å². The molecule has 4 nitrogen and oxygen atoms in total. The van der Waals surface area contributed by atoms with Crippen LogP contribution in [0.5, 0.6) is 11.6 Å². The van der Waals surface area contributed by atoms with Crippen LogP contribution in [0, 0.1) is 6.92 Å². The zero-order chi connectivity index (χ0) is 14.5. The first-order valence-corrected chi connectivity index (χ1v) is 7.06. The number of aromatic nitrogens is 2. The van der Waals surface area contributed by atoms with Crippen molar-refractivity contribution in [3.63, 3.8) is 0 Å². The van der Waals surface area contributed by atoms with E-state index in [0.29, 0.717) is 10.9 Å². The Morgan fingerprint density at radius 3 is 2.65 bits per heavy atom. The largest absolute Gasteiger partial charge is 0.439 e. The number of hydrogen-bond acceptors (Lipinski definition) is 4. The lowest BCUT2D eigenvalue weighted by Gasteiger charge is -2.11. The standard InChI is InChI=1S/C15H18ClN3O/c1-4-13-18-14(17-5-2)9-15(19-13)20-12-7-6-11(16)8-10(12)3/h6-9H,4-5H2,1-3H3,(H,17,18,19). The predicted molar refractivity (Wildman–Crippen MR) is 81.8 cm³/mol. The van der Waals surface area contributed by atoms with Crippen LogP contribution in [-0.4, -0.2) is 16.5 Å². The number of nitrogens with zero attached hydrogens (tertiary/aromatic N) is 2. The predicted octanol–water partition coefficient (Wildman–Crippen LogP) is 4.22. The van der Waals surface area contributed by atoms with Crippen LogP contribution >= 0.6 is 11.6 Å². The molecule has 1 heterocycles. The molecule has 0 spiro atoms. The number of aryl methyl sites for hydroxylation is 2. The minimum Gasteiger partial charge on any atom is -0.439 e. The molecule has 0 saturated heterocycles. The number of benzene rings is 1. The molecule has 0 atom stereocenters. The summed E-state index contributed by atoms with van der Waals surface area (Å²) in [4.78, 5) is 8.78. The van der Waals surface area contributed by atoms with E-state index in [2.05, 4.69) is 15.3 Å². The number of rotatable bonds is 5. The van der Waals surface area contributed by atoms with E-state index >= 15 is 0 Å². The molecule has 2 rings (SSSR count). The highest BCUT2D eigenvalue weighted by Crippen LogP contribution is 2.27. The molecular weight excluding hydrogens is 274 g/mol. The molecule has 0 radical (unpaired) electrons. The summed E-state index contributed by atoms with van der Waals surface area (Å²) in [7, 11) is 0. The lowest BCUT2D eigenvalue weighted by molar-refractivity contribution is 0.456. The molecule has 0 bridgehead atoms. The number of hydrogen-bond donors (Lipinski definition) is 1. The normalized spacial score (nSPS) is 10.4. The Morgan fingerprint density at radius 2 is 2.00 bits per heavy atom. The third kappa shape index (κ3) is 3.61. The second-order valence-electron chi connectivity index (χ2n) is 4.40. The summed E-state index contributed by atoms with van der Waals surface area (Å²) in [6.45, 7) is 6.80. The Bertz CT molecular complexity index is 602. The number of nitrogens with one attached hydrogen (secondary N) is 1. The van der Waals surface area contributed by atoms with Gasteiger partial charge in [-0.1, -0.05) is 18.5 Å². The molecule has 1 N–H and O–H groups in total. The quantitative estimate of drug-likeness (QED) is 0.896. The van der Waals surface area contributed by atoms with Crippen molar-refractivity contribution in [1.82, 2.24) is 9.97 Å². The summed E-state index contributed by atoms with van der Waals surface area (Å²) in [5, 5.41) is 3.87. The van der Waals surface area contributed by atoms with Gasteiger partial charge < -0.3 is 10.1 Å². The van der Waals surface area contributed by atoms with Gasteiger partial charge in [0.1, 0.15) is 17.4 Å². The van der Waals surface area contributed by atoms with Gasteiger partial charge in [-0.2, -0.15) is 4.98 Å². The highest BCUT2D eigenvalue weighted by molar-refractivity contribution is 6.30. The number of ether oxygens (including phenoxy) is 1. The molecule has 1 aromatic carbocycles. The molecule has 106 valence electrons. The van der Waals surface area contributed by atoms with Gasteiger partial charge in [0.25, 0.3) is 0 Å². The van der Waals surface area contributed by atoms with E-state index in [1.807, 2.05) is 32.9 Å². The van der Waals surface area contributed by atoms with Crippen molar-refractivity contribution in [2.75, 3.05) is 11.9 Å². The molecule has 0 aliphatic carbocycles. The molecule has 20 heavy (non-hydrogen) atoms. The van der Waals surface area contributed by atoms with Crippen LogP contribution in [0.3, 0.4) is 0 Å². The highest BCUT2D eigenvalue weighted by atomic mass is 35.5. The summed E-state index contributed by atoms with van der Waals surface area (Å²) in [6.07, 6.45) is 0.759. The Kier molecular flexibility index (Phi) is 4.79. The van der Waals surface area contributed by atoms with Crippen LogP contribution in [0.4, 0.5) is 5.82 Å². The average molecular weight is 292 g/mol. The van der Waals surface area contributed by atoms with Gasteiger partial charge in [-0.15, -0.1) is 0 Å². The summed E-state index contributed by atoms with van der Waals surface area (Å²) in [5.41, 5.74) is 0.971. The second-order valence-corrected chi connectivity index (χ2v) is 4.84. The SMILES string of the molecule is CCNc1cc(Oc2ccc(Cl)cc2C)nc(CC)n1. The van der Waals surface area contributed by atoms with Gasteiger partial charge in [0.15, 0.2) is 0 Å². The van der Waals surface area contributed by atoms with E-state index in [-0.39, 0.29) is 0 Å². The Hall–Kier alpha value is -1.81. The molecule has 0 unspecified atom stereocenters. The van der Waals surface area contributed by atoms with Crippen molar-refractivity contribution < 1.29 is 4.74 Å². The van der Waals surface area contributed by atoms with Gasteiger partial charge in [-0.25, -0.2) is 4.98 Å². The minimum absolute atomic E-state index is 0.540. The van der Waals surface area contributed by atoms with Gasteiger partial charge in [0.2, 0.25) is 5.88 Å². The van der Waals surface area contributed by atoms with Crippen molar-refractivity contribution in [2.45, 2.75) is 27.2 Å². The van der Waals surface area contributed by atoms with Crippen molar-refractivity contribution in [1.29, 1.82) is 0 Å². The Balaban J connectivity index is 2.29. The molecular formula is C15H18ClN3O. The zero-order valence-electron chi connectivity index (χ0n) is 11.9. The fraction of sp³-hybridized carbons (Fsp3) is 0.333. The third-order valence-electron chi connectivity index (χ3n) is 2.77. The van der Waals surface area contributed by atoms with E-state index in [0.717, 1.165) is 35.9 Å². The molecule has 0 fully saturated rings. The fourth-order valence-corrected chi connectivity index (χ4v) is 2.02. The molecule has 2 aromatic rings. The van der Waals surface area contributed by atoms with E-state index in [1.54, 1.807) is 12.1 Å². The first-order valence-electron chi connectivity index (χ1n) is 6.68. The molecule has 0 saturated carbocycles. The van der Waals surface area contributed by atoms with Crippen LogP contribution in [-0.2, 0) is 6.42 Å². The minimum atomic E-state index is 0.540. The summed E-state index contributed by atoms with van der Waals surface area (Å²) < 4.78 is 5.84. The zero-order valence-corrected chi connectivity index (χ0v) is 12.7. The van der Waals surface area contributed by atoms with E-state index in [1.165, 1.54) is 0 Å². The van der Waals surface area contributed by atoms with Crippen LogP contribution in [0.1, 0.15) is 25.2 Å². The van der Waals surface area contributed by atoms with Crippen LogP contribution in [0.25, 0.3) is 0 Å². The van der Waals surface area contributed by atoms with Gasteiger partial charge in [-0.05, 0) is 37.6 Å². The van der Waals surface area contributed by atoms with Crippen LogP contribution < -0.4 is 10.1 Å². The monoisotopic (exact) mass is 291 g/mol. The third-order valence-corrected chi connectivity index (χ3v) is 3.01. The van der Waals surface area contributed by atoms with Gasteiger partial charge >= 0.3 is 0 Å². The lowest BCUT2D eigenvalue weighted by Crippen LogP contribution is -2.04. The highest BCUT2D eigenvalue weighted by Gasteiger charge is 2.07. The van der Waals surface area contributed by atoms with Crippen molar-refractivity contribution in [2.24, 2.45) is 0 Å². The van der Waals surface area contributed by atoms with Crippen molar-refractivity contribution in [3.05, 3.63) is 40.7 Å². The van der Waals surface area contributed by atoms with Gasteiger partial charge in [0.05, 0.1) is 0 Å². The summed E-state index contributed by atoms with van der Waals surface area (Å²) in [5.74, 6) is 2.82.